The molecule has 74 valence electrons. The van der Waals surface area contributed by atoms with Crippen LogP contribution in [0.3, 0.4) is 0 Å². The summed E-state index contributed by atoms with van der Waals surface area (Å²) in [7, 11) is 0. The Kier molecular flexibility index (Phi) is 3.70. The number of amides is 1. The van der Waals surface area contributed by atoms with Gasteiger partial charge in [0.15, 0.2) is 5.96 Å². The molecule has 1 rings (SSSR count). The van der Waals surface area contributed by atoms with Crippen LogP contribution in [0.4, 0.5) is 0 Å². The van der Waals surface area contributed by atoms with Gasteiger partial charge >= 0.3 is 0 Å². The Hall–Kier alpha value is -1.10. The summed E-state index contributed by atoms with van der Waals surface area (Å²) in [6.07, 6.45) is 0.488. The van der Waals surface area contributed by atoms with Gasteiger partial charge in [0.05, 0.1) is 0 Å². The number of carbonyl (C=O) groups is 1. The average Bonchev–Trinajstić information content (AvgIpc) is 2.18. The normalized spacial score (nSPS) is 20.4. The molecular weight excluding hydrogens is 168 g/mol. The van der Waals surface area contributed by atoms with Gasteiger partial charge in [-0.05, 0) is 6.54 Å². The number of nitrogens with zero attached hydrogens (tertiary/aromatic N) is 3. The Morgan fingerprint density at radius 2 is 2.08 bits per heavy atom. The van der Waals surface area contributed by atoms with Crippen LogP contribution in [-0.4, -0.2) is 54.9 Å². The number of guanidine groups is 1. The summed E-state index contributed by atoms with van der Waals surface area (Å²) in [4.78, 5) is 17.9. The van der Waals surface area contributed by atoms with Crippen LogP contribution < -0.4 is 5.73 Å². The fraction of sp³-hybridized carbons (Fsp3) is 0.750. The second kappa shape index (κ2) is 4.81. The molecule has 5 nitrogen and oxygen atoms in total. The molecule has 0 aliphatic carbocycles. The summed E-state index contributed by atoms with van der Waals surface area (Å²) in [5.74, 6) is 0.339. The van der Waals surface area contributed by atoms with E-state index >= 15 is 0 Å². The Morgan fingerprint density at radius 1 is 1.46 bits per heavy atom. The van der Waals surface area contributed by atoms with Gasteiger partial charge in [0.1, 0.15) is 0 Å². The van der Waals surface area contributed by atoms with Gasteiger partial charge in [0.25, 0.3) is 0 Å². The molecule has 5 heteroatoms. The fourth-order valence-electron chi connectivity index (χ4n) is 1.43. The molecule has 0 aromatic heterocycles. The van der Waals surface area contributed by atoms with Crippen molar-refractivity contribution in [3.63, 3.8) is 0 Å². The molecule has 0 aromatic rings. The molecule has 0 bridgehead atoms. The lowest BCUT2D eigenvalue weighted by atomic mass is 10.3. The van der Waals surface area contributed by atoms with Crippen LogP contribution in [0.1, 0.15) is 6.92 Å². The molecule has 0 spiro atoms. The number of hydrogen-bond donors (Lipinski definition) is 1. The molecule has 0 saturated carbocycles. The minimum Gasteiger partial charge on any atom is -0.369 e. The van der Waals surface area contributed by atoms with E-state index in [0.717, 1.165) is 32.7 Å². The van der Waals surface area contributed by atoms with Crippen LogP contribution in [0.2, 0.25) is 0 Å². The van der Waals surface area contributed by atoms with Crippen LogP contribution in [0, 0.1) is 0 Å². The third-order valence-electron chi connectivity index (χ3n) is 2.33. The molecule has 0 atom stereocenters. The van der Waals surface area contributed by atoms with Crippen LogP contribution in [0.25, 0.3) is 0 Å². The quantitative estimate of drug-likeness (QED) is 0.343. The summed E-state index contributed by atoms with van der Waals surface area (Å²) >= 11 is 0. The van der Waals surface area contributed by atoms with Crippen LogP contribution in [-0.2, 0) is 4.79 Å². The van der Waals surface area contributed by atoms with Gasteiger partial charge in [-0.25, -0.2) is 0 Å². The van der Waals surface area contributed by atoms with Gasteiger partial charge in [-0.1, -0.05) is 6.92 Å². The van der Waals surface area contributed by atoms with E-state index in [1.807, 2.05) is 4.90 Å². The number of aliphatic imine (C=N–C) groups is 1. The molecule has 1 aliphatic rings. The highest BCUT2D eigenvalue weighted by Gasteiger charge is 2.16. The molecule has 1 heterocycles. The van der Waals surface area contributed by atoms with Crippen LogP contribution >= 0.6 is 0 Å². The summed E-state index contributed by atoms with van der Waals surface area (Å²) in [5, 5.41) is 0. The van der Waals surface area contributed by atoms with Crippen molar-refractivity contribution < 1.29 is 4.79 Å². The molecular formula is C8H16N4O. The second-order valence-electron chi connectivity index (χ2n) is 3.01. The molecule has 1 aliphatic heterocycles. The van der Waals surface area contributed by atoms with Crippen molar-refractivity contribution in [1.82, 2.24) is 9.80 Å². The number of piperazine rings is 1. The number of carbonyl (C=O) groups excluding carboxylic acids is 1. The van der Waals surface area contributed by atoms with E-state index in [0.29, 0.717) is 12.4 Å². The van der Waals surface area contributed by atoms with Crippen molar-refractivity contribution in [2.45, 2.75) is 6.92 Å². The number of rotatable bonds is 2. The third-order valence-corrected chi connectivity index (χ3v) is 2.33. The first-order valence-corrected chi connectivity index (χ1v) is 4.52. The van der Waals surface area contributed by atoms with Crippen molar-refractivity contribution >= 4 is 12.4 Å². The molecule has 0 unspecified atom stereocenters. The molecule has 0 aromatic carbocycles. The zero-order valence-electron chi connectivity index (χ0n) is 7.94. The highest BCUT2D eigenvalue weighted by atomic mass is 16.1. The maximum Gasteiger partial charge on any atom is 0.236 e. The Bertz CT molecular complexity index is 196. The van der Waals surface area contributed by atoms with E-state index in [1.165, 1.54) is 0 Å². The average molecular weight is 184 g/mol. The first-order chi connectivity index (χ1) is 6.27. The highest BCUT2D eigenvalue weighted by molar-refractivity contribution is 5.84. The number of likely N-dealkylation sites (N-methyl/N-ethyl adjacent to an activating group) is 1. The van der Waals surface area contributed by atoms with Gasteiger partial charge in [0.2, 0.25) is 6.41 Å². The van der Waals surface area contributed by atoms with Crippen molar-refractivity contribution in [1.29, 1.82) is 0 Å². The largest absolute Gasteiger partial charge is 0.369 e. The smallest absolute Gasteiger partial charge is 0.236 e. The SMILES string of the molecule is CCN1CCN(/C(N)=N/C=O)CC1. The zero-order valence-corrected chi connectivity index (χ0v) is 7.94. The minimum absolute atomic E-state index is 0.339. The van der Waals surface area contributed by atoms with E-state index in [1.54, 1.807) is 0 Å². The number of nitrogens with two attached hydrogens (primary N) is 1. The van der Waals surface area contributed by atoms with Gasteiger partial charge in [-0.2, -0.15) is 4.99 Å². The summed E-state index contributed by atoms with van der Waals surface area (Å²) in [5.41, 5.74) is 5.57. The number of hydrogen-bond acceptors (Lipinski definition) is 2. The molecule has 1 amide bonds. The summed E-state index contributed by atoms with van der Waals surface area (Å²) < 4.78 is 0. The van der Waals surface area contributed by atoms with Gasteiger partial charge in [-0.15, -0.1) is 0 Å². The Morgan fingerprint density at radius 3 is 2.54 bits per heavy atom. The van der Waals surface area contributed by atoms with Crippen molar-refractivity contribution in [3.05, 3.63) is 0 Å². The van der Waals surface area contributed by atoms with Crippen LogP contribution in [0.15, 0.2) is 4.99 Å². The van der Waals surface area contributed by atoms with E-state index in [-0.39, 0.29) is 0 Å². The Balaban J connectivity index is 2.40. The van der Waals surface area contributed by atoms with Crippen molar-refractivity contribution in [3.8, 4) is 0 Å². The molecule has 1 saturated heterocycles. The van der Waals surface area contributed by atoms with Crippen LogP contribution in [0.5, 0.6) is 0 Å². The zero-order chi connectivity index (χ0) is 9.68. The summed E-state index contributed by atoms with van der Waals surface area (Å²) in [6, 6.07) is 0. The van der Waals surface area contributed by atoms with E-state index in [4.69, 9.17) is 5.73 Å². The van der Waals surface area contributed by atoms with Gasteiger partial charge in [0, 0.05) is 26.2 Å². The third kappa shape index (κ3) is 2.69. The van der Waals surface area contributed by atoms with E-state index in [2.05, 4.69) is 16.8 Å². The monoisotopic (exact) mass is 184 g/mol. The summed E-state index contributed by atoms with van der Waals surface area (Å²) in [6.45, 7) is 6.91. The topological polar surface area (TPSA) is 61.9 Å². The first kappa shape index (κ1) is 9.98. The standard InChI is InChI=1S/C8H16N4O/c1-2-11-3-5-12(6-4-11)8(9)10-7-13/h7H,2-6H2,1H3,(H2,9,10,13). The lowest BCUT2D eigenvalue weighted by molar-refractivity contribution is -0.106. The lowest BCUT2D eigenvalue weighted by Crippen LogP contribution is -2.50. The molecule has 1 fully saturated rings. The molecule has 2 N–H and O–H groups in total. The predicted molar refractivity (Wildman–Crippen MR) is 51.4 cm³/mol. The van der Waals surface area contributed by atoms with Crippen molar-refractivity contribution in [2.75, 3.05) is 32.7 Å². The molecule has 13 heavy (non-hydrogen) atoms. The predicted octanol–water partition coefficient (Wildman–Crippen LogP) is -0.905. The fourth-order valence-corrected chi connectivity index (χ4v) is 1.43. The maximum absolute atomic E-state index is 10.1. The van der Waals surface area contributed by atoms with E-state index in [9.17, 15) is 4.79 Å². The second-order valence-corrected chi connectivity index (χ2v) is 3.01. The highest BCUT2D eigenvalue weighted by Crippen LogP contribution is 1.99. The maximum atomic E-state index is 10.1. The Labute approximate surface area is 78.2 Å². The molecule has 0 radical (unpaired) electrons. The van der Waals surface area contributed by atoms with Gasteiger partial charge in [-0.3, -0.25) is 4.79 Å². The van der Waals surface area contributed by atoms with Gasteiger partial charge < -0.3 is 15.5 Å². The van der Waals surface area contributed by atoms with E-state index < -0.39 is 0 Å². The lowest BCUT2D eigenvalue weighted by Gasteiger charge is -2.34. The first-order valence-electron chi connectivity index (χ1n) is 4.52. The van der Waals surface area contributed by atoms with Crippen molar-refractivity contribution in [2.24, 2.45) is 10.7 Å². The minimum atomic E-state index is 0.339.